The Morgan fingerprint density at radius 3 is 2.94 bits per heavy atom. The Bertz CT molecular complexity index is 259. The molecule has 1 atom stereocenters. The van der Waals surface area contributed by atoms with Gasteiger partial charge in [-0.25, -0.2) is 0 Å². The molecule has 0 saturated carbocycles. The maximum Gasteiger partial charge on any atom is 0.0947 e. The van der Waals surface area contributed by atoms with Gasteiger partial charge >= 0.3 is 0 Å². The van der Waals surface area contributed by atoms with E-state index in [1.165, 1.54) is 18.5 Å². The van der Waals surface area contributed by atoms with E-state index in [9.17, 15) is 0 Å². The average molecular weight is 224 g/mol. The van der Waals surface area contributed by atoms with Crippen molar-refractivity contribution < 1.29 is 4.42 Å². The van der Waals surface area contributed by atoms with E-state index in [0.717, 1.165) is 25.6 Å². The summed E-state index contributed by atoms with van der Waals surface area (Å²) in [6.07, 6.45) is 4.76. The van der Waals surface area contributed by atoms with Crippen molar-refractivity contribution in [1.82, 2.24) is 10.2 Å². The molecule has 1 rings (SSSR count). The molecule has 92 valence electrons. The Labute approximate surface area is 98.8 Å². The maximum atomic E-state index is 5.01. The van der Waals surface area contributed by atoms with Gasteiger partial charge in [-0.2, -0.15) is 0 Å². The molecule has 0 aliphatic rings. The monoisotopic (exact) mass is 224 g/mol. The number of nitrogens with one attached hydrogen (secondary N) is 1. The summed E-state index contributed by atoms with van der Waals surface area (Å²) in [6.45, 7) is 8.75. The minimum Gasteiger partial charge on any atom is -0.472 e. The molecule has 0 aromatic carbocycles. The van der Waals surface area contributed by atoms with Gasteiger partial charge in [0, 0.05) is 31.7 Å². The van der Waals surface area contributed by atoms with Crippen molar-refractivity contribution in [1.29, 1.82) is 0 Å². The smallest absolute Gasteiger partial charge is 0.0947 e. The molecule has 0 aliphatic heterocycles. The summed E-state index contributed by atoms with van der Waals surface area (Å²) < 4.78 is 5.01. The Balaban J connectivity index is 2.02. The fraction of sp³-hybridized carbons (Fsp3) is 0.692. The van der Waals surface area contributed by atoms with Gasteiger partial charge in [-0.15, -0.1) is 0 Å². The lowest BCUT2D eigenvalue weighted by Crippen LogP contribution is -2.31. The number of hydrogen-bond acceptors (Lipinski definition) is 3. The summed E-state index contributed by atoms with van der Waals surface area (Å²) in [5.41, 5.74) is 1.21. The third kappa shape index (κ3) is 5.33. The van der Waals surface area contributed by atoms with E-state index in [4.69, 9.17) is 4.42 Å². The van der Waals surface area contributed by atoms with Crippen LogP contribution in [0.2, 0.25) is 0 Å². The highest BCUT2D eigenvalue weighted by Gasteiger charge is 2.03. The van der Waals surface area contributed by atoms with Gasteiger partial charge in [-0.3, -0.25) is 0 Å². The second-order valence-corrected chi connectivity index (χ2v) is 4.58. The van der Waals surface area contributed by atoms with E-state index in [1.54, 1.807) is 12.5 Å². The van der Waals surface area contributed by atoms with Crippen LogP contribution in [0.5, 0.6) is 0 Å². The molecule has 3 nitrogen and oxygen atoms in total. The first-order valence-electron chi connectivity index (χ1n) is 6.12. The predicted octanol–water partition coefficient (Wildman–Crippen LogP) is 2.35. The zero-order valence-corrected chi connectivity index (χ0v) is 10.7. The summed E-state index contributed by atoms with van der Waals surface area (Å²) in [5.74, 6) is 0.791. The summed E-state index contributed by atoms with van der Waals surface area (Å²) in [6, 6.07) is 2.00. The van der Waals surface area contributed by atoms with E-state index >= 15 is 0 Å². The highest BCUT2D eigenvalue weighted by molar-refractivity contribution is 5.04. The molecular formula is C13H24N2O. The Morgan fingerprint density at radius 2 is 2.31 bits per heavy atom. The van der Waals surface area contributed by atoms with Crippen molar-refractivity contribution in [2.45, 2.75) is 26.8 Å². The summed E-state index contributed by atoms with van der Waals surface area (Å²) in [7, 11) is 2.19. The van der Waals surface area contributed by atoms with Gasteiger partial charge in [-0.05, 0) is 19.0 Å². The van der Waals surface area contributed by atoms with Crippen LogP contribution in [0.1, 0.15) is 25.8 Å². The molecule has 1 N–H and O–H groups in total. The first kappa shape index (κ1) is 13.3. The quantitative estimate of drug-likeness (QED) is 0.687. The first-order valence-corrected chi connectivity index (χ1v) is 6.12. The topological polar surface area (TPSA) is 28.4 Å². The van der Waals surface area contributed by atoms with E-state index in [0.29, 0.717) is 0 Å². The molecule has 0 amide bonds. The van der Waals surface area contributed by atoms with Crippen LogP contribution in [0.3, 0.4) is 0 Å². The number of nitrogens with zero attached hydrogens (tertiary/aromatic N) is 1. The number of likely N-dealkylation sites (N-methyl/N-ethyl adjacent to an activating group) is 1. The molecule has 0 spiro atoms. The van der Waals surface area contributed by atoms with Gasteiger partial charge in [-0.1, -0.05) is 20.3 Å². The summed E-state index contributed by atoms with van der Waals surface area (Å²) >= 11 is 0. The first-order chi connectivity index (χ1) is 7.72. The highest BCUT2D eigenvalue weighted by Crippen LogP contribution is 2.02. The second kappa shape index (κ2) is 7.47. The van der Waals surface area contributed by atoms with Crippen LogP contribution in [0.15, 0.2) is 23.0 Å². The van der Waals surface area contributed by atoms with Crippen LogP contribution in [0, 0.1) is 5.92 Å². The van der Waals surface area contributed by atoms with Gasteiger partial charge in [0.05, 0.1) is 12.5 Å². The Hall–Kier alpha value is -0.800. The average Bonchev–Trinajstić information content (AvgIpc) is 2.77. The number of furan rings is 1. The molecule has 0 bridgehead atoms. The van der Waals surface area contributed by atoms with E-state index < -0.39 is 0 Å². The van der Waals surface area contributed by atoms with Crippen molar-refractivity contribution in [3.63, 3.8) is 0 Å². The molecule has 1 aromatic rings. The zero-order valence-electron chi connectivity index (χ0n) is 10.7. The minimum absolute atomic E-state index is 0.791. The van der Waals surface area contributed by atoms with Crippen LogP contribution in [-0.2, 0) is 6.54 Å². The number of hydrogen-bond donors (Lipinski definition) is 1. The van der Waals surface area contributed by atoms with Gasteiger partial charge in [0.1, 0.15) is 0 Å². The van der Waals surface area contributed by atoms with E-state index in [-0.39, 0.29) is 0 Å². The van der Waals surface area contributed by atoms with Crippen LogP contribution < -0.4 is 5.32 Å². The standard InChI is InChI=1S/C13H24N2O/c1-4-12(2)10-15(3)7-6-14-9-13-5-8-16-11-13/h5,8,11-12,14H,4,6-7,9-10H2,1-3H3. The summed E-state index contributed by atoms with van der Waals surface area (Å²) in [4.78, 5) is 2.39. The van der Waals surface area contributed by atoms with Gasteiger partial charge in [0.25, 0.3) is 0 Å². The van der Waals surface area contributed by atoms with Crippen molar-refractivity contribution in [3.05, 3.63) is 24.2 Å². The molecule has 0 aliphatic carbocycles. The molecule has 0 saturated heterocycles. The Kier molecular flexibility index (Phi) is 6.19. The fourth-order valence-corrected chi connectivity index (χ4v) is 1.65. The van der Waals surface area contributed by atoms with Crippen LogP contribution in [0.4, 0.5) is 0 Å². The SMILES string of the molecule is CCC(C)CN(C)CCNCc1ccoc1. The summed E-state index contributed by atoms with van der Waals surface area (Å²) in [5, 5.41) is 3.41. The van der Waals surface area contributed by atoms with Crippen molar-refractivity contribution in [3.8, 4) is 0 Å². The van der Waals surface area contributed by atoms with E-state index in [1.807, 2.05) is 6.07 Å². The second-order valence-electron chi connectivity index (χ2n) is 4.58. The highest BCUT2D eigenvalue weighted by atomic mass is 16.3. The largest absolute Gasteiger partial charge is 0.472 e. The molecular weight excluding hydrogens is 200 g/mol. The third-order valence-corrected chi connectivity index (χ3v) is 2.90. The zero-order chi connectivity index (χ0) is 11.8. The van der Waals surface area contributed by atoms with Crippen LogP contribution in [-0.4, -0.2) is 31.6 Å². The fourth-order valence-electron chi connectivity index (χ4n) is 1.65. The Morgan fingerprint density at radius 1 is 1.50 bits per heavy atom. The van der Waals surface area contributed by atoms with E-state index in [2.05, 4.69) is 31.1 Å². The molecule has 0 fully saturated rings. The lowest BCUT2D eigenvalue weighted by molar-refractivity contribution is 0.281. The predicted molar refractivity (Wildman–Crippen MR) is 67.4 cm³/mol. The molecule has 1 heterocycles. The molecule has 1 aromatic heterocycles. The lowest BCUT2D eigenvalue weighted by Gasteiger charge is -2.20. The van der Waals surface area contributed by atoms with Gasteiger partial charge < -0.3 is 14.6 Å². The van der Waals surface area contributed by atoms with Crippen LogP contribution in [0.25, 0.3) is 0 Å². The lowest BCUT2D eigenvalue weighted by atomic mass is 10.1. The molecule has 3 heteroatoms. The van der Waals surface area contributed by atoms with Gasteiger partial charge in [0.15, 0.2) is 0 Å². The van der Waals surface area contributed by atoms with Crippen molar-refractivity contribution in [2.24, 2.45) is 5.92 Å². The molecule has 16 heavy (non-hydrogen) atoms. The third-order valence-electron chi connectivity index (χ3n) is 2.90. The molecule has 0 radical (unpaired) electrons. The van der Waals surface area contributed by atoms with Crippen LogP contribution >= 0.6 is 0 Å². The number of rotatable bonds is 8. The van der Waals surface area contributed by atoms with Gasteiger partial charge in [0.2, 0.25) is 0 Å². The normalized spacial score (nSPS) is 13.2. The van der Waals surface area contributed by atoms with Crippen molar-refractivity contribution in [2.75, 3.05) is 26.7 Å². The van der Waals surface area contributed by atoms with Crippen molar-refractivity contribution >= 4 is 0 Å². The minimum atomic E-state index is 0.791. The maximum absolute atomic E-state index is 5.01. The molecule has 1 unspecified atom stereocenters.